The van der Waals surface area contributed by atoms with Crippen molar-refractivity contribution in [1.82, 2.24) is 13.9 Å². The lowest BCUT2D eigenvalue weighted by Gasteiger charge is -2.22. The highest BCUT2D eigenvalue weighted by molar-refractivity contribution is 7.90. The van der Waals surface area contributed by atoms with Gasteiger partial charge in [0.1, 0.15) is 0 Å². The molecule has 0 aliphatic rings. The molecule has 0 radical (unpaired) electrons. The number of nitrogens with zero attached hydrogens (tertiary/aromatic N) is 3. The third-order valence-corrected chi connectivity index (χ3v) is 8.45. The third-order valence-electron chi connectivity index (χ3n) is 6.64. The van der Waals surface area contributed by atoms with E-state index < -0.39 is 27.4 Å². The largest absolute Gasteiger partial charge is 0.463 e. The van der Waals surface area contributed by atoms with Crippen LogP contribution in [-0.2, 0) is 23.0 Å². The molecule has 4 aromatic rings. The van der Waals surface area contributed by atoms with Crippen LogP contribution in [0.25, 0.3) is 11.0 Å². The number of hydrogen-bond donors (Lipinski definition) is 2. The molecule has 0 aliphatic carbocycles. The van der Waals surface area contributed by atoms with Gasteiger partial charge < -0.3 is 14.2 Å². The zero-order chi connectivity index (χ0) is 27.4. The highest BCUT2D eigenvalue weighted by Gasteiger charge is 2.24. The summed E-state index contributed by atoms with van der Waals surface area (Å²) >= 11 is 0. The quantitative estimate of drug-likeness (QED) is 0.322. The Morgan fingerprint density at radius 3 is 2.00 bits per heavy atom. The van der Waals surface area contributed by atoms with Crippen LogP contribution in [0.5, 0.6) is 0 Å². The molecule has 1 amide bonds. The normalized spacial score (nSPS) is 13.3. The number of amides is 1. The molecule has 0 aliphatic heterocycles. The molecule has 200 valence electrons. The summed E-state index contributed by atoms with van der Waals surface area (Å²) in [5, 5.41) is 9.17. The Balaban J connectivity index is 1.92. The van der Waals surface area contributed by atoms with Crippen molar-refractivity contribution in [2.45, 2.75) is 52.0 Å². The van der Waals surface area contributed by atoms with Crippen molar-refractivity contribution in [1.29, 1.82) is 0 Å². The van der Waals surface area contributed by atoms with Crippen molar-refractivity contribution in [2.24, 2.45) is 4.99 Å². The number of carboxylic acid groups (broad SMARTS) is 1. The second kappa shape index (κ2) is 11.4. The van der Waals surface area contributed by atoms with Gasteiger partial charge in [0.15, 0.2) is 0 Å². The second-order valence-corrected chi connectivity index (χ2v) is 12.2. The van der Waals surface area contributed by atoms with Gasteiger partial charge in [-0.25, -0.2) is 17.9 Å². The lowest BCUT2D eigenvalue weighted by atomic mass is 10.0. The number of fused-ring (bicyclic) bond motifs is 1. The number of nitrogens with one attached hydrogen (secondary N) is 1. The van der Waals surface area contributed by atoms with E-state index in [2.05, 4.69) is 9.71 Å². The van der Waals surface area contributed by atoms with Gasteiger partial charge in [-0.1, -0.05) is 71.8 Å². The van der Waals surface area contributed by atoms with E-state index in [-0.39, 0.29) is 12.2 Å². The maximum Gasteiger partial charge on any atom is 0.434 e. The fourth-order valence-electron chi connectivity index (χ4n) is 4.46. The fraction of sp³-hybridized carbons (Fsp3) is 0.310. The first-order valence-corrected chi connectivity index (χ1v) is 14.2. The average Bonchev–Trinajstić information content (AvgIpc) is 3.16. The zero-order valence-electron chi connectivity index (χ0n) is 22.1. The summed E-state index contributed by atoms with van der Waals surface area (Å²) in [5.41, 5.74) is 6.10. The SMILES string of the molecule is Cc1ccc(CC(CNS(=O)(=O)C(C)C)n2c(=NC(=O)O)n(Cc3ccc(C)cc3)c3ccccc32)cc1. The lowest BCUT2D eigenvalue weighted by molar-refractivity contribution is 0.204. The Bertz CT molecular complexity index is 1600. The molecule has 38 heavy (non-hydrogen) atoms. The number of sulfonamides is 1. The van der Waals surface area contributed by atoms with Gasteiger partial charge in [0, 0.05) is 6.54 Å². The second-order valence-electron chi connectivity index (χ2n) is 9.91. The Labute approximate surface area is 223 Å². The van der Waals surface area contributed by atoms with Crippen molar-refractivity contribution >= 4 is 27.1 Å². The molecule has 0 fully saturated rings. The van der Waals surface area contributed by atoms with Gasteiger partial charge in [0.05, 0.1) is 28.9 Å². The number of hydrogen-bond acceptors (Lipinski definition) is 3. The van der Waals surface area contributed by atoms with E-state index in [1.807, 2.05) is 95.8 Å². The van der Waals surface area contributed by atoms with Crippen LogP contribution >= 0.6 is 0 Å². The van der Waals surface area contributed by atoms with Gasteiger partial charge in [0.2, 0.25) is 15.6 Å². The molecule has 2 N–H and O–H groups in total. The maximum atomic E-state index is 12.7. The smallest absolute Gasteiger partial charge is 0.434 e. The molecule has 0 saturated heterocycles. The highest BCUT2D eigenvalue weighted by atomic mass is 32.2. The van der Waals surface area contributed by atoms with Crippen LogP contribution in [0.15, 0.2) is 77.8 Å². The van der Waals surface area contributed by atoms with Crippen LogP contribution in [0.4, 0.5) is 4.79 Å². The fourth-order valence-corrected chi connectivity index (χ4v) is 5.22. The monoisotopic (exact) mass is 534 g/mol. The molecule has 1 aromatic heterocycles. The van der Waals surface area contributed by atoms with Gasteiger partial charge in [-0.3, -0.25) is 0 Å². The summed E-state index contributed by atoms with van der Waals surface area (Å²) in [4.78, 5) is 16.0. The predicted molar refractivity (Wildman–Crippen MR) is 150 cm³/mol. The van der Waals surface area contributed by atoms with Crippen LogP contribution in [0, 0.1) is 13.8 Å². The Kier molecular flexibility index (Phi) is 8.18. The van der Waals surface area contributed by atoms with Gasteiger partial charge in [-0.2, -0.15) is 0 Å². The summed E-state index contributed by atoms with van der Waals surface area (Å²) in [5.74, 6) is 0. The number of carbonyl (C=O) groups is 1. The first-order chi connectivity index (χ1) is 18.0. The topological polar surface area (TPSA) is 106 Å². The number of para-hydroxylation sites is 2. The Morgan fingerprint density at radius 2 is 1.45 bits per heavy atom. The number of rotatable bonds is 9. The van der Waals surface area contributed by atoms with Gasteiger partial charge in [-0.15, -0.1) is 4.99 Å². The number of imidazole rings is 1. The summed E-state index contributed by atoms with van der Waals surface area (Å²) in [6, 6.07) is 23.3. The van der Waals surface area contributed by atoms with Gasteiger partial charge in [-0.05, 0) is 57.4 Å². The summed E-state index contributed by atoms with van der Waals surface area (Å²) in [6.07, 6.45) is -0.838. The van der Waals surface area contributed by atoms with E-state index in [1.54, 1.807) is 13.8 Å². The molecule has 0 saturated carbocycles. The molecule has 1 atom stereocenters. The molecule has 8 nitrogen and oxygen atoms in total. The minimum Gasteiger partial charge on any atom is -0.463 e. The van der Waals surface area contributed by atoms with Gasteiger partial charge >= 0.3 is 6.09 Å². The molecule has 4 rings (SSSR count). The van der Waals surface area contributed by atoms with Crippen LogP contribution in [-0.4, -0.2) is 40.5 Å². The van der Waals surface area contributed by atoms with Crippen molar-refractivity contribution in [2.75, 3.05) is 6.54 Å². The number of aromatic nitrogens is 2. The molecule has 1 heterocycles. The van der Waals surface area contributed by atoms with Crippen molar-refractivity contribution in [3.8, 4) is 0 Å². The number of benzene rings is 3. The Morgan fingerprint density at radius 1 is 0.895 bits per heavy atom. The molecule has 0 spiro atoms. The van der Waals surface area contributed by atoms with Gasteiger partial charge in [0.25, 0.3) is 0 Å². The van der Waals surface area contributed by atoms with Crippen LogP contribution < -0.4 is 10.3 Å². The zero-order valence-corrected chi connectivity index (χ0v) is 22.9. The lowest BCUT2D eigenvalue weighted by Crippen LogP contribution is -2.39. The minimum atomic E-state index is -3.55. The van der Waals surface area contributed by atoms with E-state index in [9.17, 15) is 18.3 Å². The average molecular weight is 535 g/mol. The highest BCUT2D eigenvalue weighted by Crippen LogP contribution is 2.22. The molecular formula is C29H34N4O4S. The van der Waals surface area contributed by atoms with E-state index in [1.165, 1.54) is 0 Å². The molecule has 3 aromatic carbocycles. The summed E-state index contributed by atoms with van der Waals surface area (Å²) in [7, 11) is -3.55. The Hall–Kier alpha value is -3.69. The van der Waals surface area contributed by atoms with E-state index in [0.29, 0.717) is 13.0 Å². The van der Waals surface area contributed by atoms with E-state index >= 15 is 0 Å². The van der Waals surface area contributed by atoms with E-state index in [0.717, 1.165) is 33.3 Å². The van der Waals surface area contributed by atoms with Crippen molar-refractivity contribution in [3.05, 3.63) is 101 Å². The summed E-state index contributed by atoms with van der Waals surface area (Å²) in [6.45, 7) is 7.78. The van der Waals surface area contributed by atoms with Crippen LogP contribution in [0.3, 0.4) is 0 Å². The first kappa shape index (κ1) is 27.3. The van der Waals surface area contributed by atoms with E-state index in [4.69, 9.17) is 0 Å². The van der Waals surface area contributed by atoms with Crippen LogP contribution in [0.2, 0.25) is 0 Å². The number of aryl methyl sites for hydroxylation is 2. The summed E-state index contributed by atoms with van der Waals surface area (Å²) < 4.78 is 31.9. The van der Waals surface area contributed by atoms with Crippen molar-refractivity contribution in [3.63, 3.8) is 0 Å². The van der Waals surface area contributed by atoms with Crippen LogP contribution in [0.1, 0.15) is 42.1 Å². The predicted octanol–water partition coefficient (Wildman–Crippen LogP) is 4.80. The first-order valence-electron chi connectivity index (χ1n) is 12.6. The molecular weight excluding hydrogens is 500 g/mol. The standard InChI is InChI=1S/C29H34N4O4S/c1-20(2)38(36,37)30-18-25(17-23-13-9-21(3)10-14-23)33-27-8-6-5-7-26(27)32(28(33)31-29(34)35)19-24-15-11-22(4)12-16-24/h5-16,20,25,30H,17-19H2,1-4H3,(H,34,35). The maximum absolute atomic E-state index is 12.7. The van der Waals surface area contributed by atoms with Crippen molar-refractivity contribution < 1.29 is 18.3 Å². The third kappa shape index (κ3) is 6.23. The minimum absolute atomic E-state index is 0.0831. The molecule has 9 heteroatoms. The molecule has 0 bridgehead atoms. The molecule has 1 unspecified atom stereocenters.